The van der Waals surface area contributed by atoms with Gasteiger partial charge in [-0.3, -0.25) is 0 Å². The first kappa shape index (κ1) is 14.5. The molecule has 1 aliphatic carbocycles. The summed E-state index contributed by atoms with van der Waals surface area (Å²) in [6, 6.07) is 9.09. The summed E-state index contributed by atoms with van der Waals surface area (Å²) in [6.07, 6.45) is 4.59. The molecule has 112 valence electrons. The Kier molecular flexibility index (Phi) is 4.88. The molecule has 4 heteroatoms. The highest BCUT2D eigenvalue weighted by Crippen LogP contribution is 2.20. The molecule has 1 saturated carbocycles. The topological polar surface area (TPSA) is 34.1 Å². The van der Waals surface area contributed by atoms with Crippen molar-refractivity contribution in [1.29, 1.82) is 0 Å². The molecule has 1 aliphatic rings. The van der Waals surface area contributed by atoms with Crippen LogP contribution in [0.5, 0.6) is 5.75 Å². The number of aryl methyl sites for hydroxylation is 1. The van der Waals surface area contributed by atoms with Gasteiger partial charge in [-0.2, -0.15) is 0 Å². The van der Waals surface area contributed by atoms with E-state index in [0.29, 0.717) is 6.61 Å². The van der Waals surface area contributed by atoms with Crippen molar-refractivity contribution in [2.75, 3.05) is 6.61 Å². The molecular weight excluding hydrogens is 280 g/mol. The second-order valence-corrected chi connectivity index (χ2v) is 6.43. The van der Waals surface area contributed by atoms with E-state index in [2.05, 4.69) is 34.7 Å². The van der Waals surface area contributed by atoms with Crippen molar-refractivity contribution in [2.45, 2.75) is 45.2 Å². The molecule has 3 rings (SSSR count). The van der Waals surface area contributed by atoms with E-state index in [1.807, 2.05) is 12.1 Å². The van der Waals surface area contributed by atoms with Gasteiger partial charge in [-0.05, 0) is 37.0 Å². The Morgan fingerprint density at radius 1 is 1.29 bits per heavy atom. The summed E-state index contributed by atoms with van der Waals surface area (Å²) in [5.41, 5.74) is 2.50. The minimum atomic E-state index is 0.689. The summed E-state index contributed by atoms with van der Waals surface area (Å²) >= 11 is 1.73. The first-order valence-electron chi connectivity index (χ1n) is 7.72. The lowest BCUT2D eigenvalue weighted by Crippen LogP contribution is -2.15. The molecule has 21 heavy (non-hydrogen) atoms. The molecule has 0 spiro atoms. The standard InChI is InChI=1S/C17H22N2OS/c1-2-13-3-7-16(8-4-13)20-10-9-17-19-15(12-21-17)11-18-14-5-6-14/h3-4,7-8,12,14,18H,2,5-6,9-11H2,1H3. The quantitative estimate of drug-likeness (QED) is 0.809. The van der Waals surface area contributed by atoms with Gasteiger partial charge >= 0.3 is 0 Å². The highest BCUT2D eigenvalue weighted by molar-refractivity contribution is 7.09. The highest BCUT2D eigenvalue weighted by atomic mass is 32.1. The summed E-state index contributed by atoms with van der Waals surface area (Å²) in [4.78, 5) is 4.64. The van der Waals surface area contributed by atoms with Crippen molar-refractivity contribution in [3.05, 3.63) is 45.9 Å². The molecule has 0 aliphatic heterocycles. The maximum absolute atomic E-state index is 5.78. The maximum atomic E-state index is 5.78. The van der Waals surface area contributed by atoms with Crippen LogP contribution in [0.3, 0.4) is 0 Å². The number of hydrogen-bond acceptors (Lipinski definition) is 4. The third kappa shape index (κ3) is 4.55. The molecule has 0 unspecified atom stereocenters. The molecule has 0 bridgehead atoms. The number of ether oxygens (including phenoxy) is 1. The van der Waals surface area contributed by atoms with E-state index >= 15 is 0 Å². The van der Waals surface area contributed by atoms with E-state index in [9.17, 15) is 0 Å². The summed E-state index contributed by atoms with van der Waals surface area (Å²) in [5.74, 6) is 0.944. The molecule has 2 aromatic rings. The van der Waals surface area contributed by atoms with Gasteiger partial charge in [0.25, 0.3) is 0 Å². The Balaban J connectivity index is 1.41. The van der Waals surface area contributed by atoms with Crippen LogP contribution in [-0.2, 0) is 19.4 Å². The van der Waals surface area contributed by atoms with Crippen LogP contribution in [0.4, 0.5) is 0 Å². The fourth-order valence-electron chi connectivity index (χ4n) is 2.16. The first-order valence-corrected chi connectivity index (χ1v) is 8.60. The van der Waals surface area contributed by atoms with E-state index in [1.165, 1.54) is 18.4 Å². The molecule has 1 fully saturated rings. The van der Waals surface area contributed by atoms with Crippen molar-refractivity contribution < 1.29 is 4.74 Å². The van der Waals surface area contributed by atoms with E-state index < -0.39 is 0 Å². The molecule has 1 heterocycles. The molecule has 0 atom stereocenters. The monoisotopic (exact) mass is 302 g/mol. The summed E-state index contributed by atoms with van der Waals surface area (Å²) in [6.45, 7) is 3.75. The average molecular weight is 302 g/mol. The van der Waals surface area contributed by atoms with E-state index in [4.69, 9.17) is 4.74 Å². The SMILES string of the molecule is CCc1ccc(OCCc2nc(CNC3CC3)cs2)cc1. The fraction of sp³-hybridized carbons (Fsp3) is 0.471. The second kappa shape index (κ2) is 7.05. The molecule has 0 radical (unpaired) electrons. The zero-order valence-electron chi connectivity index (χ0n) is 12.5. The van der Waals surface area contributed by atoms with Gasteiger partial charge in [-0.15, -0.1) is 11.3 Å². The van der Waals surface area contributed by atoms with Gasteiger partial charge in [0.2, 0.25) is 0 Å². The number of rotatable bonds is 8. The number of thiazole rings is 1. The van der Waals surface area contributed by atoms with Crippen LogP contribution >= 0.6 is 11.3 Å². The molecule has 1 N–H and O–H groups in total. The Morgan fingerprint density at radius 2 is 2.10 bits per heavy atom. The van der Waals surface area contributed by atoms with Gasteiger partial charge < -0.3 is 10.1 Å². The fourth-order valence-corrected chi connectivity index (χ4v) is 2.94. The average Bonchev–Trinajstić information content (AvgIpc) is 3.25. The van der Waals surface area contributed by atoms with Crippen LogP contribution < -0.4 is 10.1 Å². The Hall–Kier alpha value is -1.39. The van der Waals surface area contributed by atoms with Crippen molar-refractivity contribution in [1.82, 2.24) is 10.3 Å². The number of hydrogen-bond donors (Lipinski definition) is 1. The molecule has 0 amide bonds. The van der Waals surface area contributed by atoms with E-state index in [1.54, 1.807) is 11.3 Å². The van der Waals surface area contributed by atoms with Crippen LogP contribution in [0.2, 0.25) is 0 Å². The van der Waals surface area contributed by atoms with Crippen molar-refractivity contribution in [3.8, 4) is 5.75 Å². The summed E-state index contributed by atoms with van der Waals surface area (Å²) < 4.78 is 5.78. The predicted octanol–water partition coefficient (Wildman–Crippen LogP) is 3.58. The van der Waals surface area contributed by atoms with Gasteiger partial charge in [0.15, 0.2) is 0 Å². The molecule has 1 aromatic heterocycles. The number of nitrogens with one attached hydrogen (secondary N) is 1. The van der Waals surface area contributed by atoms with Crippen LogP contribution in [0.25, 0.3) is 0 Å². The number of benzene rings is 1. The second-order valence-electron chi connectivity index (χ2n) is 5.48. The third-order valence-corrected chi connectivity index (χ3v) is 4.62. The number of aromatic nitrogens is 1. The lowest BCUT2D eigenvalue weighted by molar-refractivity contribution is 0.321. The van der Waals surface area contributed by atoms with Crippen molar-refractivity contribution in [2.24, 2.45) is 0 Å². The lowest BCUT2D eigenvalue weighted by atomic mass is 10.2. The molecule has 3 nitrogen and oxygen atoms in total. The molecular formula is C17H22N2OS. The number of nitrogens with zero attached hydrogens (tertiary/aromatic N) is 1. The van der Waals surface area contributed by atoms with Crippen LogP contribution in [-0.4, -0.2) is 17.6 Å². The minimum Gasteiger partial charge on any atom is -0.493 e. The normalized spacial score (nSPS) is 14.3. The highest BCUT2D eigenvalue weighted by Gasteiger charge is 2.20. The van der Waals surface area contributed by atoms with Crippen LogP contribution in [0, 0.1) is 0 Å². The zero-order chi connectivity index (χ0) is 14.5. The predicted molar refractivity (Wildman–Crippen MR) is 87.0 cm³/mol. The smallest absolute Gasteiger partial charge is 0.119 e. The van der Waals surface area contributed by atoms with Crippen molar-refractivity contribution >= 4 is 11.3 Å². The zero-order valence-corrected chi connectivity index (χ0v) is 13.3. The molecule has 1 aromatic carbocycles. The summed E-state index contributed by atoms with van der Waals surface area (Å²) in [7, 11) is 0. The Morgan fingerprint density at radius 3 is 2.81 bits per heavy atom. The van der Waals surface area contributed by atoms with Gasteiger partial charge in [0.05, 0.1) is 17.3 Å². The van der Waals surface area contributed by atoms with E-state index in [-0.39, 0.29) is 0 Å². The van der Waals surface area contributed by atoms with Gasteiger partial charge in [-0.1, -0.05) is 19.1 Å². The largest absolute Gasteiger partial charge is 0.493 e. The van der Waals surface area contributed by atoms with Crippen LogP contribution in [0.15, 0.2) is 29.6 Å². The van der Waals surface area contributed by atoms with Crippen LogP contribution in [0.1, 0.15) is 36.0 Å². The maximum Gasteiger partial charge on any atom is 0.119 e. The summed E-state index contributed by atoms with van der Waals surface area (Å²) in [5, 5.41) is 6.81. The minimum absolute atomic E-state index is 0.689. The first-order chi connectivity index (χ1) is 10.3. The Labute approximate surface area is 130 Å². The Bertz CT molecular complexity index is 560. The molecule has 0 saturated heterocycles. The lowest BCUT2D eigenvalue weighted by Gasteiger charge is -2.05. The van der Waals surface area contributed by atoms with Gasteiger partial charge in [0, 0.05) is 24.4 Å². The van der Waals surface area contributed by atoms with Gasteiger partial charge in [0.1, 0.15) is 5.75 Å². The van der Waals surface area contributed by atoms with Crippen molar-refractivity contribution in [3.63, 3.8) is 0 Å². The van der Waals surface area contributed by atoms with E-state index in [0.717, 1.165) is 41.9 Å². The third-order valence-electron chi connectivity index (χ3n) is 3.66. The van der Waals surface area contributed by atoms with Gasteiger partial charge in [-0.25, -0.2) is 4.98 Å².